The SMILES string of the molecule is CCC(C)(C(F)(F)C(C)(C)C(F)(F)F)S(=O)(=O)N=C=O. The lowest BCUT2D eigenvalue weighted by molar-refractivity contribution is -0.293. The van der Waals surface area contributed by atoms with E-state index in [9.17, 15) is 35.2 Å². The van der Waals surface area contributed by atoms with Gasteiger partial charge in [-0.25, -0.2) is 22.0 Å². The molecule has 0 saturated heterocycles. The zero-order valence-corrected chi connectivity index (χ0v) is 12.0. The van der Waals surface area contributed by atoms with Crippen LogP contribution in [0.15, 0.2) is 4.40 Å². The summed E-state index contributed by atoms with van der Waals surface area (Å²) >= 11 is 0. The molecule has 4 nitrogen and oxygen atoms in total. The molecule has 0 aromatic carbocycles. The molecule has 10 heteroatoms. The smallest absolute Gasteiger partial charge is 0.210 e. The van der Waals surface area contributed by atoms with Gasteiger partial charge in [0, 0.05) is 0 Å². The Labute approximate surface area is 113 Å². The van der Waals surface area contributed by atoms with Gasteiger partial charge in [0.2, 0.25) is 0 Å². The van der Waals surface area contributed by atoms with Gasteiger partial charge in [0.1, 0.15) is 5.41 Å². The molecule has 0 aromatic heterocycles. The summed E-state index contributed by atoms with van der Waals surface area (Å²) in [4.78, 5) is 10.0. The van der Waals surface area contributed by atoms with Gasteiger partial charge in [-0.3, -0.25) is 0 Å². The highest BCUT2D eigenvalue weighted by Gasteiger charge is 2.73. The highest BCUT2D eigenvalue weighted by Crippen LogP contribution is 2.56. The molecule has 1 unspecified atom stereocenters. The van der Waals surface area contributed by atoms with Crippen LogP contribution in [0.5, 0.6) is 0 Å². The molecule has 1 atom stereocenters. The van der Waals surface area contributed by atoms with E-state index in [2.05, 4.69) is 4.40 Å². The first kappa shape index (κ1) is 19.0. The minimum atomic E-state index is -5.35. The van der Waals surface area contributed by atoms with Crippen LogP contribution in [0, 0.1) is 5.41 Å². The molecular formula is C10H14F5NO3S. The van der Waals surface area contributed by atoms with Crippen LogP contribution in [-0.4, -0.2) is 31.3 Å². The third-order valence-electron chi connectivity index (χ3n) is 3.56. The first-order chi connectivity index (χ1) is 8.62. The maximum Gasteiger partial charge on any atom is 0.399 e. The molecule has 0 aliphatic rings. The zero-order chi connectivity index (χ0) is 16.6. The summed E-state index contributed by atoms with van der Waals surface area (Å²) in [5.41, 5.74) is -3.63. The van der Waals surface area contributed by atoms with Crippen LogP contribution in [0.25, 0.3) is 0 Å². The summed E-state index contributed by atoms with van der Waals surface area (Å²) < 4.78 is 89.3. The highest BCUT2D eigenvalue weighted by molar-refractivity contribution is 7.91. The molecule has 20 heavy (non-hydrogen) atoms. The van der Waals surface area contributed by atoms with E-state index in [4.69, 9.17) is 0 Å². The Hall–Kier alpha value is -1.02. The van der Waals surface area contributed by atoms with Crippen LogP contribution >= 0.6 is 0 Å². The molecular weight excluding hydrogens is 309 g/mol. The van der Waals surface area contributed by atoms with Gasteiger partial charge >= 0.3 is 6.18 Å². The molecule has 0 bridgehead atoms. The lowest BCUT2D eigenvalue weighted by Gasteiger charge is -2.44. The van der Waals surface area contributed by atoms with E-state index in [1.807, 2.05) is 0 Å². The molecule has 0 heterocycles. The van der Waals surface area contributed by atoms with Crippen LogP contribution in [-0.2, 0) is 14.8 Å². The zero-order valence-electron chi connectivity index (χ0n) is 11.2. The van der Waals surface area contributed by atoms with Gasteiger partial charge in [-0.1, -0.05) is 11.3 Å². The summed E-state index contributed by atoms with van der Waals surface area (Å²) in [5, 5.41) is 0. The first-order valence-corrected chi connectivity index (χ1v) is 6.84. The van der Waals surface area contributed by atoms with Gasteiger partial charge in [0.05, 0.1) is 0 Å². The van der Waals surface area contributed by atoms with Gasteiger partial charge in [0.25, 0.3) is 22.0 Å². The number of hydrogen-bond acceptors (Lipinski definition) is 3. The van der Waals surface area contributed by atoms with E-state index in [1.165, 1.54) is 0 Å². The van der Waals surface area contributed by atoms with Crippen LogP contribution in [0.3, 0.4) is 0 Å². The third-order valence-corrected chi connectivity index (χ3v) is 5.56. The van der Waals surface area contributed by atoms with Gasteiger partial charge in [-0.15, -0.1) is 0 Å². The molecule has 0 aliphatic heterocycles. The lowest BCUT2D eigenvalue weighted by Crippen LogP contribution is -2.62. The summed E-state index contributed by atoms with van der Waals surface area (Å²) in [6.07, 6.45) is -5.64. The Kier molecular flexibility index (Phi) is 4.81. The predicted octanol–water partition coefficient (Wildman–Crippen LogP) is 3.04. The Balaban J connectivity index is 6.35. The minimum absolute atomic E-state index is 0.195. The standard InChI is InChI=1S/C10H14F5NO3S/c1-5-8(4,20(18,19)16-6-17)9(11,12)7(2,3)10(13,14)15/h5H2,1-4H3. The van der Waals surface area contributed by atoms with Crippen molar-refractivity contribution < 1.29 is 35.2 Å². The molecule has 118 valence electrons. The Morgan fingerprint density at radius 2 is 1.45 bits per heavy atom. The number of carbonyl (C=O) groups excluding carboxylic acids is 1. The summed E-state index contributed by atoms with van der Waals surface area (Å²) in [7, 11) is -5.17. The quantitative estimate of drug-likeness (QED) is 0.444. The second-order valence-corrected chi connectivity index (χ2v) is 6.97. The van der Waals surface area contributed by atoms with E-state index in [1.54, 1.807) is 0 Å². The van der Waals surface area contributed by atoms with Gasteiger partial charge in [-0.2, -0.15) is 13.2 Å². The van der Waals surface area contributed by atoms with E-state index in [0.29, 0.717) is 13.0 Å². The average molecular weight is 323 g/mol. The van der Waals surface area contributed by atoms with Crippen molar-refractivity contribution in [1.29, 1.82) is 0 Å². The predicted molar refractivity (Wildman–Crippen MR) is 60.5 cm³/mol. The monoisotopic (exact) mass is 323 g/mol. The number of sulfonamides is 1. The van der Waals surface area contributed by atoms with Crippen molar-refractivity contribution in [2.45, 2.75) is 51.0 Å². The van der Waals surface area contributed by atoms with Crippen LogP contribution in [0.4, 0.5) is 22.0 Å². The van der Waals surface area contributed by atoms with E-state index >= 15 is 0 Å². The molecule has 0 spiro atoms. The fourth-order valence-electron chi connectivity index (χ4n) is 1.56. The number of nitrogens with zero attached hydrogens (tertiary/aromatic N) is 1. The maximum atomic E-state index is 14.3. The minimum Gasteiger partial charge on any atom is -0.210 e. The molecule has 0 radical (unpaired) electrons. The number of isocyanates is 1. The third kappa shape index (κ3) is 2.46. The van der Waals surface area contributed by atoms with Crippen LogP contribution < -0.4 is 0 Å². The van der Waals surface area contributed by atoms with Gasteiger partial charge in [0.15, 0.2) is 4.75 Å². The lowest BCUT2D eigenvalue weighted by atomic mass is 9.77. The van der Waals surface area contributed by atoms with Crippen molar-refractivity contribution in [3.8, 4) is 0 Å². The molecule has 0 N–H and O–H groups in total. The topological polar surface area (TPSA) is 63.6 Å². The van der Waals surface area contributed by atoms with Crippen LogP contribution in [0.1, 0.15) is 34.1 Å². The summed E-state index contributed by atoms with van der Waals surface area (Å²) in [6, 6.07) is 0. The van der Waals surface area contributed by atoms with Crippen molar-refractivity contribution in [1.82, 2.24) is 0 Å². The fraction of sp³-hybridized carbons (Fsp3) is 0.900. The number of alkyl halides is 5. The van der Waals surface area contributed by atoms with Crippen molar-refractivity contribution >= 4 is 16.1 Å². The van der Waals surface area contributed by atoms with Gasteiger partial charge < -0.3 is 0 Å². The molecule has 0 aliphatic carbocycles. The van der Waals surface area contributed by atoms with Crippen molar-refractivity contribution in [2.75, 3.05) is 0 Å². The summed E-state index contributed by atoms with van der Waals surface area (Å²) in [6.45, 7) is 1.79. The van der Waals surface area contributed by atoms with Crippen molar-refractivity contribution in [3.05, 3.63) is 0 Å². The first-order valence-electron chi connectivity index (χ1n) is 5.40. The van der Waals surface area contributed by atoms with Crippen molar-refractivity contribution in [2.24, 2.45) is 9.81 Å². The second-order valence-electron chi connectivity index (χ2n) is 4.94. The number of halogens is 5. The molecule has 0 rings (SSSR count). The highest BCUT2D eigenvalue weighted by atomic mass is 32.2. The molecule has 0 amide bonds. The van der Waals surface area contributed by atoms with Gasteiger partial charge in [-0.05, 0) is 27.2 Å². The second kappa shape index (κ2) is 5.07. The number of rotatable bonds is 5. The molecule has 0 fully saturated rings. The van der Waals surface area contributed by atoms with Crippen LogP contribution in [0.2, 0.25) is 0 Å². The Morgan fingerprint density at radius 3 is 1.70 bits per heavy atom. The largest absolute Gasteiger partial charge is 0.399 e. The fourth-order valence-corrected chi connectivity index (χ4v) is 2.80. The number of hydrogen-bond donors (Lipinski definition) is 0. The maximum absolute atomic E-state index is 14.3. The summed E-state index contributed by atoms with van der Waals surface area (Å²) in [5.74, 6) is -4.72. The Bertz CT molecular complexity index is 520. The van der Waals surface area contributed by atoms with E-state index < -0.39 is 38.7 Å². The molecule has 0 saturated carbocycles. The average Bonchev–Trinajstić information content (AvgIpc) is 2.25. The van der Waals surface area contributed by atoms with Crippen molar-refractivity contribution in [3.63, 3.8) is 0 Å². The molecule has 0 aromatic rings. The normalized spacial score (nSPS) is 17.2. The van der Waals surface area contributed by atoms with E-state index in [-0.39, 0.29) is 13.8 Å². The van der Waals surface area contributed by atoms with E-state index in [0.717, 1.165) is 6.92 Å². The Morgan fingerprint density at radius 1 is 1.05 bits per heavy atom.